The summed E-state index contributed by atoms with van der Waals surface area (Å²) in [6.45, 7) is 5.55. The van der Waals surface area contributed by atoms with Gasteiger partial charge in [0.25, 0.3) is 0 Å². The Morgan fingerprint density at radius 2 is 2.53 bits per heavy atom. The minimum atomic E-state index is 0.00354. The van der Waals surface area contributed by atoms with Crippen molar-refractivity contribution in [2.24, 2.45) is 10.7 Å². The molecule has 3 N–H and O–H groups in total. The molecule has 0 spiro atoms. The Kier molecular flexibility index (Phi) is 4.83. The Labute approximate surface area is 90.0 Å². The average molecular weight is 210 g/mol. The quantitative estimate of drug-likeness (QED) is 0.380. The number of likely N-dealkylation sites (tertiary alicyclic amines) is 1. The van der Waals surface area contributed by atoms with E-state index in [0.29, 0.717) is 12.7 Å². The van der Waals surface area contributed by atoms with Crippen molar-refractivity contribution in [2.75, 3.05) is 19.8 Å². The monoisotopic (exact) mass is 210 g/mol. The molecule has 1 rings (SSSR count). The van der Waals surface area contributed by atoms with Gasteiger partial charge in [-0.3, -0.25) is 15.1 Å². The summed E-state index contributed by atoms with van der Waals surface area (Å²) in [5.74, 6) is 0.00354. The zero-order valence-corrected chi connectivity index (χ0v) is 8.85. The number of carbonyl (C=O) groups is 1. The van der Waals surface area contributed by atoms with E-state index in [0.717, 1.165) is 25.9 Å². The second-order valence-corrected chi connectivity index (χ2v) is 3.52. The molecule has 1 atom stereocenters. The summed E-state index contributed by atoms with van der Waals surface area (Å²) in [6, 6.07) is 0.311. The van der Waals surface area contributed by atoms with E-state index in [4.69, 9.17) is 5.73 Å². The van der Waals surface area contributed by atoms with E-state index >= 15 is 0 Å². The van der Waals surface area contributed by atoms with Crippen LogP contribution < -0.4 is 11.1 Å². The average Bonchev–Trinajstić information content (AvgIpc) is 2.29. The van der Waals surface area contributed by atoms with E-state index < -0.39 is 0 Å². The minimum Gasteiger partial charge on any atom is -0.390 e. The van der Waals surface area contributed by atoms with Gasteiger partial charge in [-0.2, -0.15) is 0 Å². The normalized spacial score (nSPS) is 21.9. The largest absolute Gasteiger partial charge is 0.390 e. The highest BCUT2D eigenvalue weighted by atomic mass is 16.2. The van der Waals surface area contributed by atoms with Crippen LogP contribution in [0.15, 0.2) is 17.6 Å². The van der Waals surface area contributed by atoms with Crippen LogP contribution in [0.3, 0.4) is 0 Å². The number of hydrogen-bond donors (Lipinski definition) is 2. The maximum absolute atomic E-state index is 11.4. The lowest BCUT2D eigenvalue weighted by molar-refractivity contribution is -0.127. The minimum absolute atomic E-state index is 0.00354. The SMILES string of the molecule is C=CC(=O)N1CCC[C@@H](NC/N=C\N)C1. The number of nitrogens with two attached hydrogens (primary N) is 1. The Hall–Kier alpha value is -1.36. The molecule has 1 aliphatic heterocycles. The maximum Gasteiger partial charge on any atom is 0.246 e. The van der Waals surface area contributed by atoms with Gasteiger partial charge in [0.2, 0.25) is 5.91 Å². The predicted octanol–water partition coefficient (Wildman–Crippen LogP) is -0.302. The van der Waals surface area contributed by atoms with E-state index in [-0.39, 0.29) is 5.91 Å². The molecule has 0 aliphatic carbocycles. The topological polar surface area (TPSA) is 70.7 Å². The van der Waals surface area contributed by atoms with Crippen molar-refractivity contribution < 1.29 is 4.79 Å². The number of aliphatic imine (C=N–C) groups is 1. The number of hydrogen-bond acceptors (Lipinski definition) is 3. The van der Waals surface area contributed by atoms with Gasteiger partial charge in [0.15, 0.2) is 0 Å². The first-order valence-corrected chi connectivity index (χ1v) is 5.12. The van der Waals surface area contributed by atoms with Crippen molar-refractivity contribution in [3.63, 3.8) is 0 Å². The Morgan fingerprint density at radius 1 is 1.73 bits per heavy atom. The van der Waals surface area contributed by atoms with Gasteiger partial charge >= 0.3 is 0 Å². The summed E-state index contributed by atoms with van der Waals surface area (Å²) in [5.41, 5.74) is 5.13. The van der Waals surface area contributed by atoms with Crippen molar-refractivity contribution in [3.05, 3.63) is 12.7 Å². The highest BCUT2D eigenvalue weighted by Gasteiger charge is 2.21. The first-order chi connectivity index (χ1) is 7.27. The van der Waals surface area contributed by atoms with Crippen LogP contribution in [0, 0.1) is 0 Å². The standard InChI is InChI=1S/C10H18N4O/c1-2-10(15)14-5-3-4-9(6-14)13-8-12-7-11/h2,7,9,13H,1,3-6,8H2,(H2,11,12)/t9-/m1/s1. The summed E-state index contributed by atoms with van der Waals surface area (Å²) in [4.78, 5) is 17.1. The summed E-state index contributed by atoms with van der Waals surface area (Å²) in [5, 5.41) is 3.23. The molecule has 0 aromatic rings. The molecule has 0 radical (unpaired) electrons. The molecule has 1 heterocycles. The molecule has 0 unspecified atom stereocenters. The number of amides is 1. The summed E-state index contributed by atoms with van der Waals surface area (Å²) in [6.07, 6.45) is 4.73. The number of piperidine rings is 1. The third-order valence-corrected chi connectivity index (χ3v) is 2.48. The third kappa shape index (κ3) is 3.71. The third-order valence-electron chi connectivity index (χ3n) is 2.48. The van der Waals surface area contributed by atoms with Gasteiger partial charge in [0.05, 0.1) is 13.0 Å². The fraction of sp³-hybridized carbons (Fsp3) is 0.600. The number of carbonyl (C=O) groups excluding carboxylic acids is 1. The molecule has 5 heteroatoms. The lowest BCUT2D eigenvalue weighted by Gasteiger charge is -2.32. The molecule has 0 aromatic carbocycles. The van der Waals surface area contributed by atoms with Crippen molar-refractivity contribution >= 4 is 12.2 Å². The fourth-order valence-corrected chi connectivity index (χ4v) is 1.71. The highest BCUT2D eigenvalue weighted by Crippen LogP contribution is 2.10. The number of rotatable bonds is 4. The smallest absolute Gasteiger partial charge is 0.246 e. The van der Waals surface area contributed by atoms with Crippen LogP contribution in [0.25, 0.3) is 0 Å². The summed E-state index contributed by atoms with van der Waals surface area (Å²) < 4.78 is 0. The molecular weight excluding hydrogens is 192 g/mol. The molecule has 15 heavy (non-hydrogen) atoms. The van der Waals surface area contributed by atoms with Gasteiger partial charge in [-0.1, -0.05) is 6.58 Å². The zero-order valence-electron chi connectivity index (χ0n) is 8.85. The maximum atomic E-state index is 11.4. The second kappa shape index (κ2) is 6.19. The van der Waals surface area contributed by atoms with E-state index in [1.54, 1.807) is 4.90 Å². The lowest BCUT2D eigenvalue weighted by atomic mass is 10.1. The van der Waals surface area contributed by atoms with Gasteiger partial charge in [0, 0.05) is 19.1 Å². The van der Waals surface area contributed by atoms with E-state index in [9.17, 15) is 4.79 Å². The van der Waals surface area contributed by atoms with Gasteiger partial charge in [-0.15, -0.1) is 0 Å². The van der Waals surface area contributed by atoms with Crippen LogP contribution in [0.4, 0.5) is 0 Å². The number of nitrogens with zero attached hydrogens (tertiary/aromatic N) is 2. The summed E-state index contributed by atoms with van der Waals surface area (Å²) in [7, 11) is 0. The van der Waals surface area contributed by atoms with Gasteiger partial charge in [-0.25, -0.2) is 0 Å². The van der Waals surface area contributed by atoms with Crippen LogP contribution in [0.5, 0.6) is 0 Å². The number of nitrogens with one attached hydrogen (secondary N) is 1. The Bertz CT molecular complexity index is 252. The molecule has 0 bridgehead atoms. The highest BCUT2D eigenvalue weighted by molar-refractivity contribution is 5.87. The van der Waals surface area contributed by atoms with Crippen molar-refractivity contribution in [2.45, 2.75) is 18.9 Å². The first kappa shape index (κ1) is 11.7. The van der Waals surface area contributed by atoms with Crippen molar-refractivity contribution in [1.29, 1.82) is 0 Å². The van der Waals surface area contributed by atoms with E-state index in [1.165, 1.54) is 12.4 Å². The van der Waals surface area contributed by atoms with Crippen LogP contribution in [-0.2, 0) is 4.79 Å². The molecule has 5 nitrogen and oxygen atoms in total. The van der Waals surface area contributed by atoms with Crippen LogP contribution in [0.2, 0.25) is 0 Å². The molecule has 0 aromatic heterocycles. The molecule has 84 valence electrons. The first-order valence-electron chi connectivity index (χ1n) is 5.12. The van der Waals surface area contributed by atoms with Crippen molar-refractivity contribution in [3.8, 4) is 0 Å². The van der Waals surface area contributed by atoms with Crippen LogP contribution >= 0.6 is 0 Å². The molecule has 0 saturated carbocycles. The molecular formula is C10H18N4O. The summed E-state index contributed by atoms with van der Waals surface area (Å²) >= 11 is 0. The van der Waals surface area contributed by atoms with E-state index in [1.807, 2.05) is 0 Å². The molecule has 1 fully saturated rings. The second-order valence-electron chi connectivity index (χ2n) is 3.52. The zero-order chi connectivity index (χ0) is 11.1. The lowest BCUT2D eigenvalue weighted by Crippen LogP contribution is -2.47. The van der Waals surface area contributed by atoms with Crippen molar-refractivity contribution in [1.82, 2.24) is 10.2 Å². The predicted molar refractivity (Wildman–Crippen MR) is 60.5 cm³/mol. The molecule has 1 aliphatic rings. The van der Waals surface area contributed by atoms with Gasteiger partial charge < -0.3 is 10.6 Å². The fourth-order valence-electron chi connectivity index (χ4n) is 1.71. The van der Waals surface area contributed by atoms with Crippen LogP contribution in [0.1, 0.15) is 12.8 Å². The van der Waals surface area contributed by atoms with E-state index in [2.05, 4.69) is 16.9 Å². The van der Waals surface area contributed by atoms with Crippen LogP contribution in [-0.4, -0.2) is 42.9 Å². The molecule has 1 saturated heterocycles. The van der Waals surface area contributed by atoms with Gasteiger partial charge in [0.1, 0.15) is 0 Å². The van der Waals surface area contributed by atoms with Gasteiger partial charge in [-0.05, 0) is 18.9 Å². The molecule has 1 amide bonds. The Morgan fingerprint density at radius 3 is 3.20 bits per heavy atom. The Balaban J connectivity index is 2.35.